The van der Waals surface area contributed by atoms with Crippen LogP contribution in [0.5, 0.6) is 0 Å². The number of rotatable bonds is 7. The third kappa shape index (κ3) is 4.76. The Labute approximate surface area is 126 Å². The molecular formula is C15H23ClN2O2. The van der Waals surface area contributed by atoms with Gasteiger partial charge in [-0.3, -0.25) is 4.79 Å². The lowest BCUT2D eigenvalue weighted by Crippen LogP contribution is -2.34. The van der Waals surface area contributed by atoms with E-state index in [9.17, 15) is 4.79 Å². The van der Waals surface area contributed by atoms with Gasteiger partial charge < -0.3 is 9.64 Å². The van der Waals surface area contributed by atoms with Gasteiger partial charge in [0.15, 0.2) is 0 Å². The summed E-state index contributed by atoms with van der Waals surface area (Å²) in [7, 11) is 0. The molecule has 1 aromatic heterocycles. The quantitative estimate of drug-likeness (QED) is 0.572. The summed E-state index contributed by atoms with van der Waals surface area (Å²) in [6.07, 6.45) is 0. The third-order valence-electron chi connectivity index (χ3n) is 3.03. The van der Waals surface area contributed by atoms with Crippen LogP contribution < -0.4 is 0 Å². The van der Waals surface area contributed by atoms with E-state index < -0.39 is 0 Å². The summed E-state index contributed by atoms with van der Waals surface area (Å²) in [4.78, 5) is 18.5. The van der Waals surface area contributed by atoms with Crippen LogP contribution >= 0.6 is 11.6 Å². The molecule has 1 aromatic rings. The van der Waals surface area contributed by atoms with Crippen molar-refractivity contribution in [3.8, 4) is 0 Å². The SMILES string of the molecule is CCOCCN(CC)C(=O)c1cc(Cl)nc(C(C)C)c1. The third-order valence-corrected chi connectivity index (χ3v) is 3.22. The molecule has 0 radical (unpaired) electrons. The van der Waals surface area contributed by atoms with Crippen molar-refractivity contribution in [3.63, 3.8) is 0 Å². The van der Waals surface area contributed by atoms with Crippen LogP contribution in [-0.4, -0.2) is 42.1 Å². The highest BCUT2D eigenvalue weighted by atomic mass is 35.5. The molecule has 0 aromatic carbocycles. The summed E-state index contributed by atoms with van der Waals surface area (Å²) < 4.78 is 5.31. The smallest absolute Gasteiger partial charge is 0.254 e. The fourth-order valence-electron chi connectivity index (χ4n) is 1.84. The largest absolute Gasteiger partial charge is 0.380 e. The second-order valence-corrected chi connectivity index (χ2v) is 5.23. The van der Waals surface area contributed by atoms with Crippen molar-refractivity contribution in [3.05, 3.63) is 28.5 Å². The zero-order valence-corrected chi connectivity index (χ0v) is 13.4. The normalized spacial score (nSPS) is 10.9. The Morgan fingerprint density at radius 2 is 2.10 bits per heavy atom. The van der Waals surface area contributed by atoms with Gasteiger partial charge >= 0.3 is 0 Å². The monoisotopic (exact) mass is 298 g/mol. The van der Waals surface area contributed by atoms with Crippen molar-refractivity contribution in [1.29, 1.82) is 0 Å². The van der Waals surface area contributed by atoms with Crippen molar-refractivity contribution in [1.82, 2.24) is 9.88 Å². The van der Waals surface area contributed by atoms with Crippen molar-refractivity contribution in [2.24, 2.45) is 0 Å². The molecule has 0 aliphatic carbocycles. The van der Waals surface area contributed by atoms with E-state index in [0.717, 1.165) is 5.69 Å². The Bertz CT molecular complexity index is 449. The van der Waals surface area contributed by atoms with E-state index in [-0.39, 0.29) is 11.8 Å². The second kappa shape index (κ2) is 8.22. The average molecular weight is 299 g/mol. The Balaban J connectivity index is 2.88. The summed E-state index contributed by atoms with van der Waals surface area (Å²) in [6.45, 7) is 10.4. The molecule has 0 aliphatic heterocycles. The molecule has 5 heteroatoms. The lowest BCUT2D eigenvalue weighted by Gasteiger charge is -2.21. The minimum atomic E-state index is -0.0293. The highest BCUT2D eigenvalue weighted by molar-refractivity contribution is 6.29. The van der Waals surface area contributed by atoms with Gasteiger partial charge in [-0.05, 0) is 31.9 Å². The lowest BCUT2D eigenvalue weighted by atomic mass is 10.1. The van der Waals surface area contributed by atoms with E-state index in [0.29, 0.717) is 37.0 Å². The molecule has 0 fully saturated rings. The van der Waals surface area contributed by atoms with Crippen LogP contribution in [0.2, 0.25) is 5.15 Å². The molecule has 0 N–H and O–H groups in total. The first-order chi connectivity index (χ1) is 9.49. The van der Waals surface area contributed by atoms with Gasteiger partial charge in [0.2, 0.25) is 0 Å². The molecule has 0 unspecified atom stereocenters. The molecule has 1 amide bonds. The Morgan fingerprint density at radius 3 is 2.65 bits per heavy atom. The molecule has 4 nitrogen and oxygen atoms in total. The highest BCUT2D eigenvalue weighted by Crippen LogP contribution is 2.18. The number of halogens is 1. The predicted molar refractivity (Wildman–Crippen MR) is 81.4 cm³/mol. The predicted octanol–water partition coefficient (Wildman–Crippen LogP) is 3.36. The molecule has 112 valence electrons. The summed E-state index contributed by atoms with van der Waals surface area (Å²) in [5.41, 5.74) is 1.42. The number of nitrogens with zero attached hydrogens (tertiary/aromatic N) is 2. The van der Waals surface area contributed by atoms with E-state index in [2.05, 4.69) is 4.98 Å². The zero-order chi connectivity index (χ0) is 15.1. The molecule has 1 heterocycles. The van der Waals surface area contributed by atoms with Gasteiger partial charge in [-0.2, -0.15) is 0 Å². The van der Waals surface area contributed by atoms with Crippen molar-refractivity contribution < 1.29 is 9.53 Å². The van der Waals surface area contributed by atoms with E-state index in [1.165, 1.54) is 0 Å². The minimum absolute atomic E-state index is 0.0293. The van der Waals surface area contributed by atoms with Crippen LogP contribution in [0.4, 0.5) is 0 Å². The number of hydrogen-bond acceptors (Lipinski definition) is 3. The minimum Gasteiger partial charge on any atom is -0.380 e. The molecule has 20 heavy (non-hydrogen) atoms. The maximum Gasteiger partial charge on any atom is 0.254 e. The van der Waals surface area contributed by atoms with E-state index in [4.69, 9.17) is 16.3 Å². The van der Waals surface area contributed by atoms with Crippen LogP contribution in [0.15, 0.2) is 12.1 Å². The van der Waals surface area contributed by atoms with Crippen molar-refractivity contribution in [2.45, 2.75) is 33.6 Å². The lowest BCUT2D eigenvalue weighted by molar-refractivity contribution is 0.0669. The first kappa shape index (κ1) is 16.9. The molecule has 1 rings (SSSR count). The second-order valence-electron chi connectivity index (χ2n) is 4.84. The number of ether oxygens (including phenoxy) is 1. The Morgan fingerprint density at radius 1 is 1.40 bits per heavy atom. The summed E-state index contributed by atoms with van der Waals surface area (Å²) >= 11 is 6.01. The van der Waals surface area contributed by atoms with Gasteiger partial charge in [-0.15, -0.1) is 0 Å². The number of carbonyl (C=O) groups excluding carboxylic acids is 1. The molecular weight excluding hydrogens is 276 g/mol. The van der Waals surface area contributed by atoms with Crippen molar-refractivity contribution in [2.75, 3.05) is 26.3 Å². The number of carbonyl (C=O) groups is 1. The number of likely N-dealkylation sites (N-methyl/N-ethyl adjacent to an activating group) is 1. The maximum atomic E-state index is 12.5. The van der Waals surface area contributed by atoms with Gasteiger partial charge in [0.25, 0.3) is 5.91 Å². The first-order valence-electron chi connectivity index (χ1n) is 7.04. The van der Waals surface area contributed by atoms with Gasteiger partial charge in [0.1, 0.15) is 5.15 Å². The molecule has 0 bridgehead atoms. The topological polar surface area (TPSA) is 42.4 Å². The number of hydrogen-bond donors (Lipinski definition) is 0. The van der Waals surface area contributed by atoms with Crippen LogP contribution in [0.25, 0.3) is 0 Å². The van der Waals surface area contributed by atoms with Gasteiger partial charge in [0, 0.05) is 31.0 Å². The number of pyridine rings is 1. The number of amides is 1. The number of aromatic nitrogens is 1. The van der Waals surface area contributed by atoms with E-state index in [1.807, 2.05) is 33.8 Å². The van der Waals surface area contributed by atoms with Gasteiger partial charge in [0.05, 0.1) is 6.61 Å². The van der Waals surface area contributed by atoms with Crippen LogP contribution in [0.3, 0.4) is 0 Å². The Hall–Kier alpha value is -1.13. The van der Waals surface area contributed by atoms with E-state index >= 15 is 0 Å². The summed E-state index contributed by atoms with van der Waals surface area (Å²) in [5.74, 6) is 0.206. The van der Waals surface area contributed by atoms with Crippen LogP contribution in [0.1, 0.15) is 49.7 Å². The zero-order valence-electron chi connectivity index (χ0n) is 12.6. The molecule has 0 aliphatic rings. The van der Waals surface area contributed by atoms with Gasteiger partial charge in [-0.25, -0.2) is 4.98 Å². The fraction of sp³-hybridized carbons (Fsp3) is 0.600. The van der Waals surface area contributed by atoms with Crippen molar-refractivity contribution >= 4 is 17.5 Å². The fourth-order valence-corrected chi connectivity index (χ4v) is 2.06. The summed E-state index contributed by atoms with van der Waals surface area (Å²) in [6, 6.07) is 3.45. The molecule has 0 spiro atoms. The highest BCUT2D eigenvalue weighted by Gasteiger charge is 2.16. The van der Waals surface area contributed by atoms with Crippen LogP contribution in [-0.2, 0) is 4.74 Å². The standard InChI is InChI=1S/C15H23ClN2O2/c1-5-18(7-8-20-6-2)15(19)12-9-13(11(3)4)17-14(16)10-12/h9-11H,5-8H2,1-4H3. The average Bonchev–Trinajstić information content (AvgIpc) is 2.42. The molecule has 0 atom stereocenters. The maximum absolute atomic E-state index is 12.5. The van der Waals surface area contributed by atoms with Crippen LogP contribution in [0, 0.1) is 0 Å². The molecule has 0 saturated carbocycles. The van der Waals surface area contributed by atoms with Gasteiger partial charge in [-0.1, -0.05) is 25.4 Å². The van der Waals surface area contributed by atoms with E-state index in [1.54, 1.807) is 11.0 Å². The Kier molecular flexibility index (Phi) is 6.96. The summed E-state index contributed by atoms with van der Waals surface area (Å²) in [5, 5.41) is 0.361. The molecule has 0 saturated heterocycles. The first-order valence-corrected chi connectivity index (χ1v) is 7.41.